The Morgan fingerprint density at radius 2 is 2.06 bits per heavy atom. The first-order valence-electron chi connectivity index (χ1n) is 5.92. The van der Waals surface area contributed by atoms with Gasteiger partial charge in [-0.25, -0.2) is 0 Å². The van der Waals surface area contributed by atoms with E-state index in [1.54, 1.807) is 7.11 Å². The van der Waals surface area contributed by atoms with Crippen LogP contribution in [0.15, 0.2) is 16.6 Å². The number of methoxy groups -OCH3 is 1. The van der Waals surface area contributed by atoms with Crippen LogP contribution in [0.3, 0.4) is 0 Å². The van der Waals surface area contributed by atoms with E-state index in [1.807, 2.05) is 6.07 Å². The predicted octanol–water partition coefficient (Wildman–Crippen LogP) is 4.85. The molecule has 3 heteroatoms. The maximum Gasteiger partial charge on any atom is 0.192 e. The number of hydrogen-bond acceptors (Lipinski definition) is 2. The Bertz CT molecular complexity index is 413. The van der Waals surface area contributed by atoms with Crippen LogP contribution in [0.1, 0.15) is 49.8 Å². The van der Waals surface area contributed by atoms with Gasteiger partial charge in [-0.3, -0.25) is 0 Å². The fourth-order valence-corrected chi connectivity index (χ4v) is 2.99. The van der Waals surface area contributed by atoms with Crippen molar-refractivity contribution >= 4 is 33.2 Å². The molecule has 0 fully saturated rings. The highest BCUT2D eigenvalue weighted by Crippen LogP contribution is 2.31. The van der Waals surface area contributed by atoms with Crippen LogP contribution in [-0.4, -0.2) is 12.2 Å². The third-order valence-electron chi connectivity index (χ3n) is 2.81. The van der Waals surface area contributed by atoms with Crippen molar-refractivity contribution in [1.82, 2.24) is 0 Å². The van der Waals surface area contributed by atoms with E-state index in [0.29, 0.717) is 11.0 Å². The van der Waals surface area contributed by atoms with Gasteiger partial charge >= 0.3 is 0 Å². The summed E-state index contributed by atoms with van der Waals surface area (Å²) in [6.07, 6.45) is 2.19. The first-order chi connectivity index (χ1) is 8.02. The molecule has 17 heavy (non-hydrogen) atoms. The van der Waals surface area contributed by atoms with Crippen molar-refractivity contribution in [2.24, 2.45) is 0 Å². The van der Waals surface area contributed by atoms with Gasteiger partial charge in [0.15, 0.2) is 5.05 Å². The second-order valence-corrected chi connectivity index (χ2v) is 5.55. The van der Waals surface area contributed by atoms with Crippen LogP contribution in [0.25, 0.3) is 0 Å². The van der Waals surface area contributed by atoms with Gasteiger partial charge in [-0.1, -0.05) is 33.3 Å². The minimum absolute atomic E-state index is 0.526. The molecule has 1 nitrogen and oxygen atoms in total. The summed E-state index contributed by atoms with van der Waals surface area (Å²) in [5.74, 6) is 0.526. The van der Waals surface area contributed by atoms with Crippen molar-refractivity contribution in [2.75, 3.05) is 7.11 Å². The van der Waals surface area contributed by atoms with Crippen molar-refractivity contribution in [3.8, 4) is 0 Å². The zero-order valence-electron chi connectivity index (χ0n) is 10.8. The van der Waals surface area contributed by atoms with E-state index in [0.717, 1.165) is 22.9 Å². The maximum atomic E-state index is 5.21. The molecule has 0 heterocycles. The molecule has 0 saturated carbocycles. The summed E-state index contributed by atoms with van der Waals surface area (Å²) in [6.45, 7) is 6.63. The summed E-state index contributed by atoms with van der Waals surface area (Å²) in [7, 11) is 1.62. The zero-order valence-corrected chi connectivity index (χ0v) is 13.2. The van der Waals surface area contributed by atoms with Crippen LogP contribution in [-0.2, 0) is 11.2 Å². The van der Waals surface area contributed by atoms with E-state index in [2.05, 4.69) is 42.8 Å². The third-order valence-corrected chi connectivity index (χ3v) is 4.10. The lowest BCUT2D eigenvalue weighted by Gasteiger charge is -2.17. The predicted molar refractivity (Wildman–Crippen MR) is 80.9 cm³/mol. The molecule has 0 N–H and O–H groups in total. The Morgan fingerprint density at radius 1 is 1.41 bits per heavy atom. The molecule has 0 bridgehead atoms. The quantitative estimate of drug-likeness (QED) is 0.735. The van der Waals surface area contributed by atoms with Crippen LogP contribution in [0.5, 0.6) is 0 Å². The van der Waals surface area contributed by atoms with Crippen LogP contribution >= 0.6 is 28.1 Å². The highest BCUT2D eigenvalue weighted by atomic mass is 79.9. The largest absolute Gasteiger partial charge is 0.486 e. The van der Waals surface area contributed by atoms with Crippen molar-refractivity contribution in [3.05, 3.63) is 33.3 Å². The van der Waals surface area contributed by atoms with Gasteiger partial charge in [-0.05, 0) is 57.7 Å². The molecular weight excluding hydrogens is 296 g/mol. The van der Waals surface area contributed by atoms with Crippen molar-refractivity contribution < 1.29 is 4.74 Å². The molecule has 94 valence electrons. The average molecular weight is 315 g/mol. The fraction of sp³-hybridized carbons (Fsp3) is 0.500. The van der Waals surface area contributed by atoms with Crippen molar-refractivity contribution in [1.29, 1.82) is 0 Å². The molecule has 1 rings (SSSR count). The number of halogens is 1. The fourth-order valence-electron chi connectivity index (χ4n) is 1.95. The van der Waals surface area contributed by atoms with E-state index in [9.17, 15) is 0 Å². The summed E-state index contributed by atoms with van der Waals surface area (Å²) in [5.41, 5.74) is 3.73. The molecule has 0 aliphatic rings. The minimum Gasteiger partial charge on any atom is -0.486 e. The Hall–Kier alpha value is -0.410. The maximum absolute atomic E-state index is 5.21. The molecule has 0 unspecified atom stereocenters. The van der Waals surface area contributed by atoms with E-state index in [4.69, 9.17) is 17.0 Å². The molecule has 0 aliphatic heterocycles. The average Bonchev–Trinajstić information content (AvgIpc) is 2.30. The molecule has 0 spiro atoms. The molecule has 1 aromatic carbocycles. The van der Waals surface area contributed by atoms with Gasteiger partial charge < -0.3 is 4.74 Å². The van der Waals surface area contributed by atoms with Gasteiger partial charge in [-0.2, -0.15) is 0 Å². The van der Waals surface area contributed by atoms with E-state index in [-0.39, 0.29) is 0 Å². The second-order valence-electron chi connectivity index (χ2n) is 4.39. The normalized spacial score (nSPS) is 10.7. The monoisotopic (exact) mass is 314 g/mol. The number of ether oxygens (including phenoxy) is 1. The van der Waals surface area contributed by atoms with Crippen molar-refractivity contribution in [2.45, 2.75) is 39.5 Å². The lowest BCUT2D eigenvalue weighted by Crippen LogP contribution is -2.06. The van der Waals surface area contributed by atoms with E-state index >= 15 is 0 Å². The molecule has 0 saturated heterocycles. The third kappa shape index (κ3) is 3.29. The number of hydrogen-bond donors (Lipinski definition) is 0. The van der Waals surface area contributed by atoms with Gasteiger partial charge in [0.25, 0.3) is 0 Å². The zero-order chi connectivity index (χ0) is 13.0. The summed E-state index contributed by atoms with van der Waals surface area (Å²) in [6, 6.07) is 4.21. The topological polar surface area (TPSA) is 9.23 Å². The molecule has 0 amide bonds. The number of rotatable bonds is 4. The highest BCUT2D eigenvalue weighted by Gasteiger charge is 2.15. The van der Waals surface area contributed by atoms with E-state index in [1.165, 1.54) is 11.1 Å². The number of benzene rings is 1. The summed E-state index contributed by atoms with van der Waals surface area (Å²) in [4.78, 5) is 0. The van der Waals surface area contributed by atoms with Gasteiger partial charge in [0.05, 0.1) is 7.11 Å². The Kier molecular flexibility index (Phi) is 5.60. The lowest BCUT2D eigenvalue weighted by molar-refractivity contribution is 0.415. The minimum atomic E-state index is 0.526. The standard InChI is InChI=1S/C14H19BrOS/c1-5-6-11-10(9(2)3)7-8-12(13(11)15)14(17)16-4/h7-9H,5-6H2,1-4H3. The van der Waals surface area contributed by atoms with Gasteiger partial charge in [0.1, 0.15) is 0 Å². The smallest absolute Gasteiger partial charge is 0.192 e. The second kappa shape index (κ2) is 6.50. The van der Waals surface area contributed by atoms with Crippen LogP contribution in [0, 0.1) is 0 Å². The molecular formula is C14H19BrOS. The SMILES string of the molecule is CCCc1c(C(C)C)ccc(C(=S)OC)c1Br. The Balaban J connectivity index is 3.32. The van der Waals surface area contributed by atoms with E-state index < -0.39 is 0 Å². The van der Waals surface area contributed by atoms with Crippen LogP contribution in [0.2, 0.25) is 0 Å². The molecule has 0 radical (unpaired) electrons. The lowest BCUT2D eigenvalue weighted by atomic mass is 9.93. The molecule has 0 atom stereocenters. The summed E-state index contributed by atoms with van der Waals surface area (Å²) in [5, 5.41) is 0.546. The highest BCUT2D eigenvalue weighted by molar-refractivity contribution is 9.10. The first-order valence-corrected chi connectivity index (χ1v) is 7.12. The van der Waals surface area contributed by atoms with Gasteiger partial charge in [0.2, 0.25) is 0 Å². The molecule has 1 aromatic rings. The molecule has 0 aliphatic carbocycles. The molecule has 0 aromatic heterocycles. The Labute approximate surface area is 118 Å². The van der Waals surface area contributed by atoms with Crippen LogP contribution < -0.4 is 0 Å². The summed E-state index contributed by atoms with van der Waals surface area (Å²) >= 11 is 8.89. The van der Waals surface area contributed by atoms with Gasteiger partial charge in [0, 0.05) is 10.0 Å². The van der Waals surface area contributed by atoms with Crippen molar-refractivity contribution in [3.63, 3.8) is 0 Å². The summed E-state index contributed by atoms with van der Waals surface area (Å²) < 4.78 is 6.25. The first kappa shape index (κ1) is 14.7. The van der Waals surface area contributed by atoms with Crippen LogP contribution in [0.4, 0.5) is 0 Å². The Morgan fingerprint density at radius 3 is 2.53 bits per heavy atom. The number of thiocarbonyl (C=S) groups is 1. The van der Waals surface area contributed by atoms with Gasteiger partial charge in [-0.15, -0.1) is 0 Å².